The Morgan fingerprint density at radius 3 is 0.943 bits per heavy atom. The molecule has 6 amide bonds. The van der Waals surface area contributed by atoms with Gasteiger partial charge in [0.1, 0.15) is 42.0 Å². The van der Waals surface area contributed by atoms with E-state index in [-0.39, 0.29) is 47.3 Å². The monoisotopic (exact) mass is 1490 g/mol. The van der Waals surface area contributed by atoms with Crippen molar-refractivity contribution in [3.05, 3.63) is 29.8 Å². The average Bonchev–Trinajstić information content (AvgIpc) is 0.857. The minimum Gasteiger partial charge on any atom is -0.508 e. The molecule has 1 aromatic rings. The maximum Gasteiger partial charge on any atom is 0.245 e. The van der Waals surface area contributed by atoms with E-state index in [1.54, 1.807) is 45.0 Å². The fourth-order valence-corrected chi connectivity index (χ4v) is 14.2. The van der Waals surface area contributed by atoms with E-state index in [9.17, 15) is 69.6 Å². The zero-order valence-electron chi connectivity index (χ0n) is 67.0. The Morgan fingerprint density at radius 1 is 0.333 bits per heavy atom. The van der Waals surface area contributed by atoms with Crippen LogP contribution in [0.1, 0.15) is 305 Å². The van der Waals surface area contributed by atoms with Gasteiger partial charge in [-0.15, -0.1) is 0 Å². The number of rotatable bonds is 59. The van der Waals surface area contributed by atoms with Gasteiger partial charge in [-0.3, -0.25) is 43.5 Å². The van der Waals surface area contributed by atoms with Crippen LogP contribution in [0.4, 0.5) is 0 Å². The third-order valence-corrected chi connectivity index (χ3v) is 20.1. The number of phenolic OH excluding ortho intramolecular Hbond substituents is 1. The van der Waals surface area contributed by atoms with Gasteiger partial charge in [-0.2, -0.15) is 0 Å². The van der Waals surface area contributed by atoms with Gasteiger partial charge in [-0.1, -0.05) is 201 Å². The Morgan fingerprint density at radius 2 is 0.619 bits per heavy atom. The Bertz CT molecular complexity index is 2410. The molecular formula is C82H153N9O14. The normalized spacial score (nSPS) is 20.4. The summed E-state index contributed by atoms with van der Waals surface area (Å²) in [7, 11) is 0. The molecule has 610 valence electrons. The van der Waals surface area contributed by atoms with Crippen LogP contribution in [-0.4, -0.2) is 229 Å². The van der Waals surface area contributed by atoms with Crippen LogP contribution in [0.3, 0.4) is 0 Å². The number of unbranched alkanes of at least 4 members (excludes halogenated alkanes) is 24. The van der Waals surface area contributed by atoms with Gasteiger partial charge in [-0.05, 0) is 154 Å². The number of carbonyl (C=O) groups is 6. The number of piperazine rings is 3. The highest BCUT2D eigenvalue weighted by Crippen LogP contribution is 2.20. The first kappa shape index (κ1) is 96.5. The number of carbonyl (C=O) groups excluding carboxylic acids is 6. The van der Waals surface area contributed by atoms with Gasteiger partial charge in [-0.25, -0.2) is 0 Å². The molecule has 3 aliphatic rings. The second-order valence-corrected chi connectivity index (χ2v) is 31.6. The highest BCUT2D eigenvalue weighted by Gasteiger charge is 2.37. The van der Waals surface area contributed by atoms with Crippen LogP contribution in [0.15, 0.2) is 24.3 Å². The summed E-state index contributed by atoms with van der Waals surface area (Å²) in [5, 5.41) is 96.8. The topological polar surface area (TPSA) is 346 Å². The molecule has 1 aromatic carbocycles. The number of aromatic hydroxyl groups is 1. The number of aliphatic hydroxyl groups is 7. The SMILES string of the molecule is CCCCCCCCCCC(O)CN(CCCCC1NC(=O)C(C(C)O)NC1=O)CC(C)O.CCCCCCCCCCC(O)CN(CCCCC1NC(=O)C(CC(C)C)NC1=O)CC(C)O.CCCCCCCCCCC(O)CN(CCCCC1NC(=O)C(Cc2ccc(O)cc2)NC1=O)CC(C)O. The molecule has 3 fully saturated rings. The van der Waals surface area contributed by atoms with Crippen LogP contribution in [0.5, 0.6) is 5.75 Å². The molecule has 3 saturated heterocycles. The fourth-order valence-electron chi connectivity index (χ4n) is 14.2. The third-order valence-electron chi connectivity index (χ3n) is 20.1. The zero-order chi connectivity index (χ0) is 77.7. The van der Waals surface area contributed by atoms with Crippen molar-refractivity contribution in [1.82, 2.24) is 46.6 Å². The highest BCUT2D eigenvalue weighted by atomic mass is 16.3. The van der Waals surface area contributed by atoms with E-state index in [4.69, 9.17) is 0 Å². The number of benzene rings is 1. The van der Waals surface area contributed by atoms with Crippen molar-refractivity contribution in [2.45, 2.75) is 385 Å². The van der Waals surface area contributed by atoms with E-state index in [2.05, 4.69) is 67.4 Å². The molecule has 0 radical (unpaired) electrons. The van der Waals surface area contributed by atoms with E-state index in [0.29, 0.717) is 77.3 Å². The van der Waals surface area contributed by atoms with Crippen LogP contribution in [0.25, 0.3) is 0 Å². The summed E-state index contributed by atoms with van der Waals surface area (Å²) in [6.45, 7) is 22.9. The van der Waals surface area contributed by atoms with Crippen molar-refractivity contribution in [1.29, 1.82) is 0 Å². The standard InChI is InChI=1S/C30H51N3O5.C27H53N3O4.C25H49N3O5/c1-3-4-5-6-7-8-9-10-13-26(36)22-33(21-23(2)34)19-12-11-14-27-29(37)32-28(30(38)31-27)20-24-15-17-25(35)18-16-24;1-5-6-7-8-9-10-11-12-15-23(32)20-30(19-22(4)31)17-14-13-16-24-26(33)29-25(18-21(2)3)27(34)28-24;1-4-5-6-7-8-9-10-11-14-21(31)18-28(17-19(2)29)16-13-12-15-22-24(32)27-23(20(3)30)25(33)26-22/h15-18,23,26-28,34-36H,3-14,19-22H2,1-2H3,(H,31,38)(H,32,37);21-25,31-32H,5-20H2,1-4H3,(H,28,34)(H,29,33);19-23,29-31H,4-18H2,1-3H3,(H,26,33)(H,27,32). The van der Waals surface area contributed by atoms with Gasteiger partial charge in [0.05, 0.1) is 42.7 Å². The number of amides is 6. The summed E-state index contributed by atoms with van der Waals surface area (Å²) in [5.74, 6) is -0.645. The molecule has 3 aliphatic heterocycles. The molecule has 23 heteroatoms. The Hall–Kier alpha value is -4.56. The van der Waals surface area contributed by atoms with Crippen LogP contribution in [0.2, 0.25) is 0 Å². The molecule has 0 bridgehead atoms. The fraction of sp³-hybridized carbons (Fsp3) is 0.854. The van der Waals surface area contributed by atoms with E-state index in [0.717, 1.165) is 115 Å². The number of aliphatic hydroxyl groups excluding tert-OH is 7. The predicted octanol–water partition coefficient (Wildman–Crippen LogP) is 9.52. The lowest BCUT2D eigenvalue weighted by Gasteiger charge is -2.31. The van der Waals surface area contributed by atoms with Crippen LogP contribution in [-0.2, 0) is 35.2 Å². The Kier molecular flexibility index (Phi) is 54.5. The van der Waals surface area contributed by atoms with Crippen molar-refractivity contribution in [2.75, 3.05) is 58.9 Å². The van der Waals surface area contributed by atoms with Gasteiger partial charge in [0.25, 0.3) is 0 Å². The van der Waals surface area contributed by atoms with Crippen molar-refractivity contribution in [3.63, 3.8) is 0 Å². The summed E-state index contributed by atoms with van der Waals surface area (Å²) in [4.78, 5) is 80.3. The lowest BCUT2D eigenvalue weighted by molar-refractivity contribution is -0.139. The quantitative estimate of drug-likeness (QED) is 0.0270. The Labute approximate surface area is 634 Å². The first-order valence-electron chi connectivity index (χ1n) is 41.8. The Balaban J connectivity index is 0.000000537. The van der Waals surface area contributed by atoms with Gasteiger partial charge in [0.15, 0.2) is 0 Å². The molecule has 3 heterocycles. The lowest BCUT2D eigenvalue weighted by Crippen LogP contribution is -2.64. The van der Waals surface area contributed by atoms with Crippen molar-refractivity contribution >= 4 is 35.4 Å². The van der Waals surface area contributed by atoms with E-state index in [1.165, 1.54) is 129 Å². The first-order valence-corrected chi connectivity index (χ1v) is 41.8. The number of hydrogen-bond donors (Lipinski definition) is 14. The minimum atomic E-state index is -0.929. The van der Waals surface area contributed by atoms with Crippen molar-refractivity contribution in [2.24, 2.45) is 5.92 Å². The van der Waals surface area contributed by atoms with Gasteiger partial charge >= 0.3 is 0 Å². The number of hydrogen-bond acceptors (Lipinski definition) is 17. The van der Waals surface area contributed by atoms with Crippen molar-refractivity contribution in [3.8, 4) is 5.75 Å². The minimum absolute atomic E-state index is 0.0851. The largest absolute Gasteiger partial charge is 0.508 e. The van der Waals surface area contributed by atoms with Gasteiger partial charge in [0, 0.05) is 45.7 Å². The molecular weight excluding hydrogens is 1330 g/mol. The van der Waals surface area contributed by atoms with E-state index in [1.807, 2.05) is 13.8 Å². The maximum absolute atomic E-state index is 12.6. The van der Waals surface area contributed by atoms with Crippen LogP contribution >= 0.6 is 0 Å². The predicted molar refractivity (Wildman–Crippen MR) is 420 cm³/mol. The number of nitrogens with one attached hydrogen (secondary N) is 6. The molecule has 0 saturated carbocycles. The molecule has 4 rings (SSSR count). The van der Waals surface area contributed by atoms with E-state index < -0.39 is 72.9 Å². The molecule has 0 aromatic heterocycles. The molecule has 105 heavy (non-hydrogen) atoms. The second kappa shape index (κ2) is 59.3. The number of phenols is 1. The van der Waals surface area contributed by atoms with Crippen LogP contribution < -0.4 is 31.9 Å². The summed E-state index contributed by atoms with van der Waals surface area (Å²) < 4.78 is 0. The summed E-state index contributed by atoms with van der Waals surface area (Å²) in [6, 6.07) is 3.10. The van der Waals surface area contributed by atoms with Crippen LogP contribution in [0, 0.1) is 5.92 Å². The van der Waals surface area contributed by atoms with E-state index >= 15 is 0 Å². The van der Waals surface area contributed by atoms with Crippen molar-refractivity contribution < 1.29 is 69.6 Å². The lowest BCUT2D eigenvalue weighted by atomic mass is 9.98. The summed E-state index contributed by atoms with van der Waals surface area (Å²) >= 11 is 0. The summed E-state index contributed by atoms with van der Waals surface area (Å²) in [6.07, 6.45) is 36.2. The molecule has 0 spiro atoms. The molecule has 0 aliphatic carbocycles. The highest BCUT2D eigenvalue weighted by molar-refractivity contribution is 5.98. The van der Waals surface area contributed by atoms with Gasteiger partial charge in [0.2, 0.25) is 35.4 Å². The maximum atomic E-state index is 12.6. The molecule has 14 N–H and O–H groups in total. The molecule has 23 nitrogen and oxygen atoms in total. The first-order chi connectivity index (χ1) is 50.2. The van der Waals surface area contributed by atoms with Gasteiger partial charge < -0.3 is 72.8 Å². The average molecular weight is 1490 g/mol. The molecule has 13 atom stereocenters. The molecule has 13 unspecified atom stereocenters. The third kappa shape index (κ3) is 47.9. The number of nitrogens with zero attached hydrogens (tertiary/aromatic N) is 3. The zero-order valence-corrected chi connectivity index (χ0v) is 67.0. The smallest absolute Gasteiger partial charge is 0.245 e. The second-order valence-electron chi connectivity index (χ2n) is 31.6. The summed E-state index contributed by atoms with van der Waals surface area (Å²) in [5.41, 5.74) is 0.865.